The summed E-state index contributed by atoms with van der Waals surface area (Å²) in [5, 5.41) is 3.83. The van der Waals surface area contributed by atoms with Crippen LogP contribution in [0.1, 0.15) is 57.8 Å². The van der Waals surface area contributed by atoms with Gasteiger partial charge in [-0.15, -0.1) is 0 Å². The maximum Gasteiger partial charge on any atom is 0.0226 e. The summed E-state index contributed by atoms with van der Waals surface area (Å²) in [4.78, 5) is 2.78. The average Bonchev–Trinajstić information content (AvgIpc) is 3.11. The number of hydrogen-bond donors (Lipinski definition) is 1. The molecule has 2 aliphatic carbocycles. The summed E-state index contributed by atoms with van der Waals surface area (Å²) in [6, 6.07) is 0.824. The second-order valence-electron chi connectivity index (χ2n) is 7.88. The van der Waals surface area contributed by atoms with Crippen molar-refractivity contribution in [3.63, 3.8) is 0 Å². The fourth-order valence-corrected chi connectivity index (χ4v) is 5.62. The molecule has 108 valence electrons. The number of rotatable bonds is 2. The third kappa shape index (κ3) is 2.35. The van der Waals surface area contributed by atoms with E-state index in [1.807, 2.05) is 0 Å². The summed E-state index contributed by atoms with van der Waals surface area (Å²) >= 11 is 0. The second kappa shape index (κ2) is 5.04. The minimum atomic E-state index is 0.787. The summed E-state index contributed by atoms with van der Waals surface area (Å²) in [6.45, 7) is 5.43. The zero-order valence-electron chi connectivity index (χ0n) is 12.4. The van der Waals surface area contributed by atoms with Gasteiger partial charge in [0.1, 0.15) is 0 Å². The van der Waals surface area contributed by atoms with Crippen LogP contribution < -0.4 is 5.32 Å². The Bertz CT molecular complexity index is 311. The van der Waals surface area contributed by atoms with Gasteiger partial charge in [-0.1, -0.05) is 19.3 Å². The van der Waals surface area contributed by atoms with Gasteiger partial charge in [0, 0.05) is 12.6 Å². The first-order valence-electron chi connectivity index (χ1n) is 8.80. The Morgan fingerprint density at radius 1 is 0.947 bits per heavy atom. The lowest BCUT2D eigenvalue weighted by atomic mass is 9.77. The number of piperidine rings is 1. The predicted molar refractivity (Wildman–Crippen MR) is 79.2 cm³/mol. The molecule has 0 radical (unpaired) electrons. The zero-order chi connectivity index (χ0) is 12.7. The summed E-state index contributed by atoms with van der Waals surface area (Å²) in [5.74, 6) is 2.04. The molecule has 4 fully saturated rings. The van der Waals surface area contributed by atoms with E-state index < -0.39 is 0 Å². The maximum atomic E-state index is 3.83. The Labute approximate surface area is 118 Å². The molecule has 4 rings (SSSR count). The van der Waals surface area contributed by atoms with Gasteiger partial charge in [0.2, 0.25) is 0 Å². The Balaban J connectivity index is 1.30. The van der Waals surface area contributed by atoms with E-state index in [4.69, 9.17) is 0 Å². The molecule has 0 aromatic heterocycles. The van der Waals surface area contributed by atoms with E-state index in [1.54, 1.807) is 0 Å². The molecular weight excluding hydrogens is 232 g/mol. The molecule has 2 aliphatic heterocycles. The van der Waals surface area contributed by atoms with Gasteiger partial charge in [0.15, 0.2) is 0 Å². The summed E-state index contributed by atoms with van der Waals surface area (Å²) in [6.07, 6.45) is 13.6. The third-order valence-electron chi connectivity index (χ3n) is 6.91. The highest BCUT2D eigenvalue weighted by atomic mass is 15.2. The van der Waals surface area contributed by atoms with Gasteiger partial charge in [-0.05, 0) is 75.4 Å². The smallest absolute Gasteiger partial charge is 0.0226 e. The predicted octanol–water partition coefficient (Wildman–Crippen LogP) is 3.03. The van der Waals surface area contributed by atoms with Gasteiger partial charge in [-0.2, -0.15) is 0 Å². The first-order chi connectivity index (χ1) is 9.35. The molecule has 3 atom stereocenters. The first kappa shape index (κ1) is 12.6. The van der Waals surface area contributed by atoms with E-state index in [-0.39, 0.29) is 0 Å². The molecule has 0 aromatic rings. The quantitative estimate of drug-likeness (QED) is 0.823. The lowest BCUT2D eigenvalue weighted by Crippen LogP contribution is -2.46. The van der Waals surface area contributed by atoms with Gasteiger partial charge < -0.3 is 10.2 Å². The Morgan fingerprint density at radius 3 is 2.53 bits per heavy atom. The molecular formula is C17H30N2. The van der Waals surface area contributed by atoms with E-state index in [2.05, 4.69) is 10.2 Å². The third-order valence-corrected chi connectivity index (χ3v) is 6.91. The molecule has 1 spiro atoms. The van der Waals surface area contributed by atoms with Gasteiger partial charge in [-0.25, -0.2) is 0 Å². The van der Waals surface area contributed by atoms with E-state index in [0.29, 0.717) is 0 Å². The van der Waals surface area contributed by atoms with Gasteiger partial charge in [0.05, 0.1) is 0 Å². The highest BCUT2D eigenvalue weighted by Crippen LogP contribution is 2.46. The molecule has 0 bridgehead atoms. The van der Waals surface area contributed by atoms with Crippen molar-refractivity contribution in [1.82, 2.24) is 10.2 Å². The minimum absolute atomic E-state index is 0.787. The Kier molecular flexibility index (Phi) is 3.35. The number of fused-ring (bicyclic) bond motifs is 1. The molecule has 2 heteroatoms. The van der Waals surface area contributed by atoms with E-state index in [1.165, 1.54) is 84.0 Å². The van der Waals surface area contributed by atoms with Crippen molar-refractivity contribution in [3.8, 4) is 0 Å². The average molecular weight is 262 g/mol. The van der Waals surface area contributed by atoms with Crippen molar-refractivity contribution in [2.24, 2.45) is 17.3 Å². The molecule has 3 unspecified atom stereocenters. The van der Waals surface area contributed by atoms with Crippen molar-refractivity contribution < 1.29 is 0 Å². The fraction of sp³-hybridized carbons (Fsp3) is 1.00. The molecule has 2 heterocycles. The molecule has 1 N–H and O–H groups in total. The SMILES string of the molecule is C1CC2CNC(CN3CCC4(CCCC4)CC3)C2C1. The molecule has 2 saturated carbocycles. The number of nitrogens with zero attached hydrogens (tertiary/aromatic N) is 1. The first-order valence-corrected chi connectivity index (χ1v) is 8.80. The van der Waals surface area contributed by atoms with Gasteiger partial charge >= 0.3 is 0 Å². The normalized spacial score (nSPS) is 42.0. The van der Waals surface area contributed by atoms with Crippen LogP contribution in [0.15, 0.2) is 0 Å². The molecule has 19 heavy (non-hydrogen) atoms. The fourth-order valence-electron chi connectivity index (χ4n) is 5.62. The van der Waals surface area contributed by atoms with Crippen molar-refractivity contribution in [2.75, 3.05) is 26.2 Å². The Morgan fingerprint density at radius 2 is 1.74 bits per heavy atom. The standard InChI is InChI=1S/C17H30N2/c1-2-7-17(6-1)8-10-19(11-9-17)13-16-15-5-3-4-14(15)12-18-16/h14-16,18H,1-13H2. The van der Waals surface area contributed by atoms with Crippen LogP contribution in [0.4, 0.5) is 0 Å². The van der Waals surface area contributed by atoms with Crippen LogP contribution in [0.25, 0.3) is 0 Å². The summed E-state index contributed by atoms with van der Waals surface area (Å²) in [5.41, 5.74) is 0.787. The number of hydrogen-bond acceptors (Lipinski definition) is 2. The molecule has 0 amide bonds. The molecule has 2 nitrogen and oxygen atoms in total. The largest absolute Gasteiger partial charge is 0.312 e. The zero-order valence-corrected chi connectivity index (χ0v) is 12.4. The number of likely N-dealkylation sites (tertiary alicyclic amines) is 1. The van der Waals surface area contributed by atoms with Crippen LogP contribution in [0.3, 0.4) is 0 Å². The van der Waals surface area contributed by atoms with Crippen LogP contribution in [0.2, 0.25) is 0 Å². The van der Waals surface area contributed by atoms with Crippen LogP contribution >= 0.6 is 0 Å². The van der Waals surface area contributed by atoms with Crippen molar-refractivity contribution >= 4 is 0 Å². The lowest BCUT2D eigenvalue weighted by Gasteiger charge is -2.40. The summed E-state index contributed by atoms with van der Waals surface area (Å²) in [7, 11) is 0. The summed E-state index contributed by atoms with van der Waals surface area (Å²) < 4.78 is 0. The lowest BCUT2D eigenvalue weighted by molar-refractivity contribution is 0.0972. The topological polar surface area (TPSA) is 15.3 Å². The van der Waals surface area contributed by atoms with Crippen LogP contribution in [-0.4, -0.2) is 37.1 Å². The minimum Gasteiger partial charge on any atom is -0.312 e. The van der Waals surface area contributed by atoms with Crippen LogP contribution in [-0.2, 0) is 0 Å². The Hall–Kier alpha value is -0.0800. The van der Waals surface area contributed by atoms with Gasteiger partial charge in [0.25, 0.3) is 0 Å². The van der Waals surface area contributed by atoms with Crippen LogP contribution in [0, 0.1) is 17.3 Å². The number of nitrogens with one attached hydrogen (secondary N) is 1. The second-order valence-corrected chi connectivity index (χ2v) is 7.88. The van der Waals surface area contributed by atoms with E-state index in [0.717, 1.165) is 23.3 Å². The molecule has 0 aromatic carbocycles. The highest BCUT2D eigenvalue weighted by molar-refractivity contribution is 4.97. The highest BCUT2D eigenvalue weighted by Gasteiger charge is 2.41. The van der Waals surface area contributed by atoms with Crippen molar-refractivity contribution in [2.45, 2.75) is 63.8 Å². The van der Waals surface area contributed by atoms with Crippen LogP contribution in [0.5, 0.6) is 0 Å². The molecule has 2 saturated heterocycles. The van der Waals surface area contributed by atoms with Gasteiger partial charge in [-0.3, -0.25) is 0 Å². The maximum absolute atomic E-state index is 3.83. The van der Waals surface area contributed by atoms with E-state index in [9.17, 15) is 0 Å². The molecule has 4 aliphatic rings. The van der Waals surface area contributed by atoms with Crippen molar-refractivity contribution in [1.29, 1.82) is 0 Å². The van der Waals surface area contributed by atoms with E-state index >= 15 is 0 Å². The van der Waals surface area contributed by atoms with Crippen molar-refractivity contribution in [3.05, 3.63) is 0 Å². The monoisotopic (exact) mass is 262 g/mol.